The number of unbranched alkanes of at least 4 members (excludes halogenated alkanes) is 3. The Morgan fingerprint density at radius 3 is 2.32 bits per heavy atom. The molecular formula is C35H51N3O5S. The number of thioether (sulfide) groups is 1. The van der Waals surface area contributed by atoms with Gasteiger partial charge in [0, 0.05) is 42.2 Å². The summed E-state index contributed by atoms with van der Waals surface area (Å²) < 4.78 is 4.46. The Kier molecular flexibility index (Phi) is 10.6. The lowest BCUT2D eigenvalue weighted by atomic mass is 9.66. The molecule has 3 aliphatic rings. The van der Waals surface area contributed by atoms with Crippen LogP contribution in [0.2, 0.25) is 0 Å². The van der Waals surface area contributed by atoms with Crippen LogP contribution in [0.15, 0.2) is 49.6 Å². The standard InChI is InChI=1S/C35H51N3O5S/c1-8-21-36(25-15-17-26(18-16-25)43-10-3)30(40)27-28-31(41)37(23-13-11-12-14-24-39)29(35(28)20-19-34(27,7)44-35)32(42)38(22-9-2)33(4,5)6/h8-9,15-18,27-29,39H,1-2,10-14,19-24H2,3-7H3/t27-,28+,29?,34+,35?/m1/s1. The van der Waals surface area contributed by atoms with E-state index in [-0.39, 0.29) is 24.3 Å². The minimum Gasteiger partial charge on any atom is -0.494 e. The van der Waals surface area contributed by atoms with Gasteiger partial charge in [0.15, 0.2) is 0 Å². The van der Waals surface area contributed by atoms with Gasteiger partial charge in [-0.1, -0.05) is 25.0 Å². The Labute approximate surface area is 267 Å². The van der Waals surface area contributed by atoms with Crippen molar-refractivity contribution in [1.29, 1.82) is 0 Å². The third kappa shape index (κ3) is 6.19. The van der Waals surface area contributed by atoms with E-state index in [2.05, 4.69) is 20.1 Å². The van der Waals surface area contributed by atoms with Crippen LogP contribution >= 0.6 is 11.8 Å². The van der Waals surface area contributed by atoms with Crippen LogP contribution < -0.4 is 9.64 Å². The highest BCUT2D eigenvalue weighted by Crippen LogP contribution is 2.71. The van der Waals surface area contributed by atoms with Gasteiger partial charge in [-0.25, -0.2) is 0 Å². The van der Waals surface area contributed by atoms with Crippen LogP contribution in [0.4, 0.5) is 5.69 Å². The summed E-state index contributed by atoms with van der Waals surface area (Å²) in [7, 11) is 0. The highest BCUT2D eigenvalue weighted by atomic mass is 32.2. The second-order valence-corrected chi connectivity index (χ2v) is 15.4. The molecule has 2 unspecified atom stereocenters. The zero-order valence-corrected chi connectivity index (χ0v) is 28.0. The van der Waals surface area contributed by atoms with Crippen molar-refractivity contribution in [3.63, 3.8) is 0 Å². The van der Waals surface area contributed by atoms with E-state index in [4.69, 9.17) is 4.74 Å². The van der Waals surface area contributed by atoms with E-state index in [9.17, 15) is 19.5 Å². The first-order valence-electron chi connectivity index (χ1n) is 16.1. The summed E-state index contributed by atoms with van der Waals surface area (Å²) in [6.07, 6.45) is 8.10. The smallest absolute Gasteiger partial charge is 0.247 e. The third-order valence-corrected chi connectivity index (χ3v) is 11.5. The van der Waals surface area contributed by atoms with E-state index in [1.165, 1.54) is 0 Å². The normalized spacial score (nSPS) is 27.3. The Morgan fingerprint density at radius 2 is 1.73 bits per heavy atom. The molecule has 3 aliphatic heterocycles. The largest absolute Gasteiger partial charge is 0.494 e. The molecule has 3 amide bonds. The van der Waals surface area contributed by atoms with Gasteiger partial charge in [-0.15, -0.1) is 24.9 Å². The fraction of sp³-hybridized carbons (Fsp3) is 0.629. The van der Waals surface area contributed by atoms with E-state index in [0.29, 0.717) is 32.7 Å². The molecule has 0 aliphatic carbocycles. The molecule has 242 valence electrons. The molecule has 3 saturated heterocycles. The van der Waals surface area contributed by atoms with Crippen molar-refractivity contribution in [2.75, 3.05) is 37.7 Å². The average Bonchev–Trinajstić information content (AvgIpc) is 3.54. The maximum atomic E-state index is 14.7. The quantitative estimate of drug-likeness (QED) is 0.206. The Hall–Kier alpha value is -2.78. The molecule has 0 saturated carbocycles. The van der Waals surface area contributed by atoms with E-state index < -0.39 is 32.9 Å². The van der Waals surface area contributed by atoms with Crippen LogP contribution in [0.1, 0.15) is 73.1 Å². The van der Waals surface area contributed by atoms with Crippen molar-refractivity contribution in [2.24, 2.45) is 11.8 Å². The van der Waals surface area contributed by atoms with Gasteiger partial charge in [-0.3, -0.25) is 14.4 Å². The highest BCUT2D eigenvalue weighted by Gasteiger charge is 2.77. The number of nitrogens with zero attached hydrogens (tertiary/aromatic N) is 3. The molecule has 5 atom stereocenters. The summed E-state index contributed by atoms with van der Waals surface area (Å²) in [6.45, 7) is 19.7. The first-order valence-corrected chi connectivity index (χ1v) is 16.9. The molecule has 8 nitrogen and oxygen atoms in total. The summed E-state index contributed by atoms with van der Waals surface area (Å²) in [5.74, 6) is -0.684. The average molecular weight is 626 g/mol. The molecule has 0 radical (unpaired) electrons. The molecule has 1 N–H and O–H groups in total. The second kappa shape index (κ2) is 13.7. The molecular weight excluding hydrogens is 574 g/mol. The van der Waals surface area contributed by atoms with Gasteiger partial charge in [0.2, 0.25) is 17.7 Å². The first kappa shape index (κ1) is 34.1. The van der Waals surface area contributed by atoms with E-state index in [0.717, 1.165) is 43.5 Å². The number of amides is 3. The van der Waals surface area contributed by atoms with Gasteiger partial charge < -0.3 is 24.5 Å². The van der Waals surface area contributed by atoms with Gasteiger partial charge in [-0.05, 0) is 84.6 Å². The maximum Gasteiger partial charge on any atom is 0.247 e. The lowest BCUT2D eigenvalue weighted by Gasteiger charge is -2.42. The Balaban J connectivity index is 1.74. The molecule has 3 fully saturated rings. The SMILES string of the molecule is C=CCN(C(=O)[C@H]1[C@H]2C(=O)N(CCCCCCO)C(C(=O)N(CC=C)C(C)(C)C)C23CC[C@]1(C)S3)c1ccc(OCC)cc1. The molecule has 0 aromatic heterocycles. The molecule has 4 rings (SSSR count). The van der Waals surface area contributed by atoms with Gasteiger partial charge in [0.05, 0.1) is 23.2 Å². The Morgan fingerprint density at radius 1 is 1.07 bits per heavy atom. The van der Waals surface area contributed by atoms with Gasteiger partial charge in [0.1, 0.15) is 11.8 Å². The fourth-order valence-corrected chi connectivity index (χ4v) is 9.89. The number of carbonyl (C=O) groups is 3. The van der Waals surface area contributed by atoms with Crippen LogP contribution in [0.25, 0.3) is 0 Å². The van der Waals surface area contributed by atoms with Crippen molar-refractivity contribution in [2.45, 2.75) is 94.2 Å². The number of rotatable bonds is 15. The summed E-state index contributed by atoms with van der Waals surface area (Å²) in [5, 5.41) is 9.24. The summed E-state index contributed by atoms with van der Waals surface area (Å²) in [6, 6.07) is 6.82. The topological polar surface area (TPSA) is 90.4 Å². The number of likely N-dealkylation sites (tertiary alicyclic amines) is 1. The third-order valence-electron chi connectivity index (χ3n) is 9.51. The number of anilines is 1. The summed E-state index contributed by atoms with van der Waals surface area (Å²) >= 11 is 1.70. The number of carbonyl (C=O) groups excluding carboxylic acids is 3. The fourth-order valence-electron chi connectivity index (χ4n) is 7.55. The molecule has 1 aromatic rings. The molecule has 9 heteroatoms. The molecule has 2 bridgehead atoms. The number of fused-ring (bicyclic) bond motifs is 1. The number of aliphatic hydroxyl groups is 1. The van der Waals surface area contributed by atoms with E-state index in [1.807, 2.05) is 56.9 Å². The van der Waals surface area contributed by atoms with Crippen molar-refractivity contribution in [1.82, 2.24) is 9.80 Å². The lowest BCUT2D eigenvalue weighted by Crippen LogP contribution is -2.59. The van der Waals surface area contributed by atoms with Crippen LogP contribution in [0, 0.1) is 11.8 Å². The van der Waals surface area contributed by atoms with E-state index >= 15 is 0 Å². The number of ether oxygens (including phenoxy) is 1. The van der Waals surface area contributed by atoms with Crippen LogP contribution in [-0.2, 0) is 14.4 Å². The minimum absolute atomic E-state index is 0.0667. The van der Waals surface area contributed by atoms with Crippen molar-refractivity contribution < 1.29 is 24.2 Å². The lowest BCUT2D eigenvalue weighted by molar-refractivity contribution is -0.145. The number of benzene rings is 1. The number of hydrogen-bond donors (Lipinski definition) is 1. The highest BCUT2D eigenvalue weighted by molar-refractivity contribution is 8.02. The van der Waals surface area contributed by atoms with Gasteiger partial charge >= 0.3 is 0 Å². The first-order chi connectivity index (χ1) is 20.9. The number of aliphatic hydroxyl groups excluding tert-OH is 1. The predicted molar refractivity (Wildman–Crippen MR) is 178 cm³/mol. The summed E-state index contributed by atoms with van der Waals surface area (Å²) in [4.78, 5) is 49.3. The van der Waals surface area contributed by atoms with Crippen LogP contribution in [0.3, 0.4) is 0 Å². The predicted octanol–water partition coefficient (Wildman–Crippen LogP) is 5.45. The van der Waals surface area contributed by atoms with Crippen LogP contribution in [-0.4, -0.2) is 86.6 Å². The van der Waals surface area contributed by atoms with Crippen molar-refractivity contribution >= 4 is 35.2 Å². The molecule has 44 heavy (non-hydrogen) atoms. The maximum absolute atomic E-state index is 14.7. The molecule has 3 heterocycles. The van der Waals surface area contributed by atoms with Crippen molar-refractivity contribution in [3.05, 3.63) is 49.6 Å². The van der Waals surface area contributed by atoms with Crippen molar-refractivity contribution in [3.8, 4) is 5.75 Å². The minimum atomic E-state index is -0.683. The molecule has 1 aromatic carbocycles. The van der Waals surface area contributed by atoms with E-state index in [1.54, 1.807) is 33.7 Å². The Bertz CT molecular complexity index is 1230. The zero-order valence-electron chi connectivity index (χ0n) is 27.2. The molecule has 1 spiro atoms. The zero-order chi connectivity index (χ0) is 32.3. The monoisotopic (exact) mass is 625 g/mol. The van der Waals surface area contributed by atoms with Gasteiger partial charge in [-0.2, -0.15) is 0 Å². The van der Waals surface area contributed by atoms with Gasteiger partial charge in [0.25, 0.3) is 0 Å². The summed E-state index contributed by atoms with van der Waals surface area (Å²) in [5.41, 5.74) is 0.262. The van der Waals surface area contributed by atoms with Crippen LogP contribution in [0.5, 0.6) is 5.75 Å². The number of hydrogen-bond acceptors (Lipinski definition) is 6. The second-order valence-electron chi connectivity index (χ2n) is 13.5.